The van der Waals surface area contributed by atoms with Crippen LogP contribution in [0, 0.1) is 6.92 Å². The van der Waals surface area contributed by atoms with Crippen LogP contribution in [0.15, 0.2) is 24.3 Å². The van der Waals surface area contributed by atoms with Gasteiger partial charge in [0, 0.05) is 14.1 Å². The minimum atomic E-state index is -0.353. The summed E-state index contributed by atoms with van der Waals surface area (Å²) < 4.78 is 4.74. The van der Waals surface area contributed by atoms with Crippen LogP contribution in [0.4, 0.5) is 16.5 Å². The fourth-order valence-electron chi connectivity index (χ4n) is 1.82. The number of nitrogens with one attached hydrogen (secondary N) is 1. The highest BCUT2D eigenvalue weighted by atomic mass is 32.1. The van der Waals surface area contributed by atoms with Crippen molar-refractivity contribution in [2.24, 2.45) is 0 Å². The third-order valence-electron chi connectivity index (χ3n) is 2.79. The molecule has 0 amide bonds. The minimum absolute atomic E-state index is 0.353. The monoisotopic (exact) mass is 291 g/mol. The Morgan fingerprint density at radius 1 is 1.35 bits per heavy atom. The predicted molar refractivity (Wildman–Crippen MR) is 82.2 cm³/mol. The molecule has 1 aromatic carbocycles. The summed E-state index contributed by atoms with van der Waals surface area (Å²) in [5.41, 5.74) is 2.68. The third-order valence-corrected chi connectivity index (χ3v) is 3.85. The standard InChI is InChI=1S/C14H17N3O2S/c1-9-12(13(18)19-4)20-14(15-9)16-10-7-5-6-8-11(10)17(2)3/h5-8H,1-4H3,(H,15,16). The molecule has 2 rings (SSSR count). The van der Waals surface area contributed by atoms with Gasteiger partial charge < -0.3 is 15.0 Å². The van der Waals surface area contributed by atoms with Gasteiger partial charge in [-0.25, -0.2) is 9.78 Å². The number of anilines is 3. The lowest BCUT2D eigenvalue weighted by Gasteiger charge is -2.17. The van der Waals surface area contributed by atoms with Gasteiger partial charge in [-0.15, -0.1) is 0 Å². The summed E-state index contributed by atoms with van der Waals surface area (Å²) in [5, 5.41) is 3.93. The van der Waals surface area contributed by atoms with Crippen molar-refractivity contribution >= 4 is 33.8 Å². The van der Waals surface area contributed by atoms with Gasteiger partial charge in [-0.1, -0.05) is 23.5 Å². The van der Waals surface area contributed by atoms with E-state index in [1.165, 1.54) is 18.4 Å². The quantitative estimate of drug-likeness (QED) is 0.877. The maximum absolute atomic E-state index is 11.6. The van der Waals surface area contributed by atoms with E-state index in [9.17, 15) is 4.79 Å². The third kappa shape index (κ3) is 2.91. The number of nitrogens with zero attached hydrogens (tertiary/aromatic N) is 2. The molecule has 0 radical (unpaired) electrons. The van der Waals surface area contributed by atoms with Crippen molar-refractivity contribution in [3.8, 4) is 0 Å². The van der Waals surface area contributed by atoms with E-state index >= 15 is 0 Å². The van der Waals surface area contributed by atoms with Crippen LogP contribution in [0.1, 0.15) is 15.4 Å². The Bertz CT molecular complexity index is 623. The van der Waals surface area contributed by atoms with Gasteiger partial charge in [-0.05, 0) is 19.1 Å². The number of aryl methyl sites for hydroxylation is 1. The summed E-state index contributed by atoms with van der Waals surface area (Å²) in [7, 11) is 5.33. The summed E-state index contributed by atoms with van der Waals surface area (Å²) in [6, 6.07) is 7.93. The second kappa shape index (κ2) is 5.92. The molecule has 0 saturated carbocycles. The molecular formula is C14H17N3O2S. The second-order valence-electron chi connectivity index (χ2n) is 4.46. The largest absolute Gasteiger partial charge is 0.465 e. The van der Waals surface area contributed by atoms with Gasteiger partial charge in [0.05, 0.1) is 24.2 Å². The summed E-state index contributed by atoms with van der Waals surface area (Å²) in [6.07, 6.45) is 0. The first-order chi connectivity index (χ1) is 9.52. The van der Waals surface area contributed by atoms with Crippen LogP contribution in [0.2, 0.25) is 0 Å². The molecule has 0 aliphatic heterocycles. The number of methoxy groups -OCH3 is 1. The molecule has 20 heavy (non-hydrogen) atoms. The molecule has 1 N–H and O–H groups in total. The summed E-state index contributed by atoms with van der Waals surface area (Å²) in [5.74, 6) is -0.353. The Morgan fingerprint density at radius 2 is 2.05 bits per heavy atom. The highest BCUT2D eigenvalue weighted by molar-refractivity contribution is 7.17. The first-order valence-electron chi connectivity index (χ1n) is 6.12. The van der Waals surface area contributed by atoms with Gasteiger partial charge in [-0.3, -0.25) is 0 Å². The number of para-hydroxylation sites is 2. The molecule has 0 aliphatic rings. The number of benzene rings is 1. The number of esters is 1. The molecule has 0 aliphatic carbocycles. The highest BCUT2D eigenvalue weighted by Gasteiger charge is 2.16. The smallest absolute Gasteiger partial charge is 0.350 e. The van der Waals surface area contributed by atoms with Crippen molar-refractivity contribution in [3.63, 3.8) is 0 Å². The van der Waals surface area contributed by atoms with Gasteiger partial charge >= 0.3 is 5.97 Å². The van der Waals surface area contributed by atoms with Crippen LogP contribution in [0.3, 0.4) is 0 Å². The molecule has 0 unspecified atom stereocenters. The van der Waals surface area contributed by atoms with E-state index in [1.54, 1.807) is 6.92 Å². The van der Waals surface area contributed by atoms with Gasteiger partial charge in [-0.2, -0.15) is 0 Å². The van der Waals surface area contributed by atoms with Crippen LogP contribution in [0.5, 0.6) is 0 Å². The van der Waals surface area contributed by atoms with Crippen LogP contribution >= 0.6 is 11.3 Å². The van der Waals surface area contributed by atoms with Gasteiger partial charge in [0.25, 0.3) is 0 Å². The average Bonchev–Trinajstić information content (AvgIpc) is 2.79. The first kappa shape index (κ1) is 14.3. The lowest BCUT2D eigenvalue weighted by molar-refractivity contribution is 0.0605. The summed E-state index contributed by atoms with van der Waals surface area (Å²) in [6.45, 7) is 1.80. The van der Waals surface area contributed by atoms with Crippen LogP contribution in [-0.4, -0.2) is 32.2 Å². The SMILES string of the molecule is COC(=O)c1sc(Nc2ccccc2N(C)C)nc1C. The zero-order valence-electron chi connectivity index (χ0n) is 11.9. The fraction of sp³-hybridized carbons (Fsp3) is 0.286. The summed E-state index contributed by atoms with van der Waals surface area (Å²) >= 11 is 1.29. The molecule has 0 bridgehead atoms. The molecule has 106 valence electrons. The topological polar surface area (TPSA) is 54.5 Å². The maximum Gasteiger partial charge on any atom is 0.350 e. The van der Waals surface area contributed by atoms with Crippen molar-refractivity contribution < 1.29 is 9.53 Å². The molecule has 1 heterocycles. The number of hydrogen-bond donors (Lipinski definition) is 1. The van der Waals surface area contributed by atoms with Crippen molar-refractivity contribution in [3.05, 3.63) is 34.8 Å². The fourth-order valence-corrected chi connectivity index (χ4v) is 2.71. The van der Waals surface area contributed by atoms with Crippen LogP contribution in [0.25, 0.3) is 0 Å². The van der Waals surface area contributed by atoms with Gasteiger partial charge in [0.2, 0.25) is 0 Å². The molecule has 0 atom stereocenters. The Morgan fingerprint density at radius 3 is 2.70 bits per heavy atom. The molecule has 6 heteroatoms. The molecule has 2 aromatic rings. The average molecular weight is 291 g/mol. The highest BCUT2D eigenvalue weighted by Crippen LogP contribution is 2.30. The Balaban J connectivity index is 2.29. The van der Waals surface area contributed by atoms with Crippen molar-refractivity contribution in [2.75, 3.05) is 31.4 Å². The number of thiazole rings is 1. The molecule has 0 spiro atoms. The van der Waals surface area contributed by atoms with Gasteiger partial charge in [0.1, 0.15) is 4.88 Å². The lowest BCUT2D eigenvalue weighted by Crippen LogP contribution is -2.10. The van der Waals surface area contributed by atoms with E-state index in [0.29, 0.717) is 15.7 Å². The number of hydrogen-bond acceptors (Lipinski definition) is 6. The van der Waals surface area contributed by atoms with Crippen molar-refractivity contribution in [1.29, 1.82) is 0 Å². The maximum atomic E-state index is 11.6. The predicted octanol–water partition coefficient (Wildman–Crippen LogP) is 3.05. The Kier molecular flexibility index (Phi) is 4.24. The number of rotatable bonds is 4. The zero-order chi connectivity index (χ0) is 14.7. The molecular weight excluding hydrogens is 274 g/mol. The molecule has 0 fully saturated rings. The van der Waals surface area contributed by atoms with E-state index < -0.39 is 0 Å². The Hall–Kier alpha value is -2.08. The van der Waals surface area contributed by atoms with E-state index in [-0.39, 0.29) is 5.97 Å². The van der Waals surface area contributed by atoms with E-state index in [1.807, 2.05) is 43.3 Å². The number of ether oxygens (including phenoxy) is 1. The zero-order valence-corrected chi connectivity index (χ0v) is 12.7. The lowest BCUT2D eigenvalue weighted by atomic mass is 10.2. The van der Waals surface area contributed by atoms with Gasteiger partial charge in [0.15, 0.2) is 5.13 Å². The van der Waals surface area contributed by atoms with E-state index in [2.05, 4.69) is 10.3 Å². The van der Waals surface area contributed by atoms with Crippen LogP contribution < -0.4 is 10.2 Å². The summed E-state index contributed by atoms with van der Waals surface area (Å²) in [4.78, 5) is 18.5. The van der Waals surface area contributed by atoms with Crippen molar-refractivity contribution in [2.45, 2.75) is 6.92 Å². The number of carbonyl (C=O) groups excluding carboxylic acids is 1. The Labute approximate surface area is 122 Å². The van der Waals surface area contributed by atoms with E-state index in [0.717, 1.165) is 11.4 Å². The molecule has 0 saturated heterocycles. The van der Waals surface area contributed by atoms with Crippen molar-refractivity contribution in [1.82, 2.24) is 4.98 Å². The minimum Gasteiger partial charge on any atom is -0.465 e. The van der Waals surface area contributed by atoms with Crippen LogP contribution in [-0.2, 0) is 4.74 Å². The second-order valence-corrected chi connectivity index (χ2v) is 5.46. The first-order valence-corrected chi connectivity index (χ1v) is 6.93. The van der Waals surface area contributed by atoms with E-state index in [4.69, 9.17) is 4.74 Å². The number of carbonyl (C=O) groups is 1. The molecule has 5 nitrogen and oxygen atoms in total. The molecule has 1 aromatic heterocycles. The number of aromatic nitrogens is 1. The normalized spacial score (nSPS) is 10.2.